The maximum absolute atomic E-state index is 12.4. The number of benzene rings is 2. The average Bonchev–Trinajstić information content (AvgIpc) is 3.22. The largest absolute Gasteiger partial charge is 0.351 e. The molecule has 0 atom stereocenters. The lowest BCUT2D eigenvalue weighted by Crippen LogP contribution is -2.29. The summed E-state index contributed by atoms with van der Waals surface area (Å²) >= 11 is 7.96. The molecule has 1 saturated carbocycles. The third-order valence-corrected chi connectivity index (χ3v) is 7.84. The summed E-state index contributed by atoms with van der Waals surface area (Å²) in [4.78, 5) is 12.4. The minimum atomic E-state index is -3.49. The van der Waals surface area contributed by atoms with Gasteiger partial charge in [0.05, 0.1) is 18.5 Å². The Morgan fingerprint density at radius 3 is 2.50 bits per heavy atom. The van der Waals surface area contributed by atoms with Crippen LogP contribution >= 0.6 is 23.4 Å². The molecule has 1 fully saturated rings. The van der Waals surface area contributed by atoms with Crippen LogP contribution in [-0.2, 0) is 16.6 Å². The normalized spacial score (nSPS) is 14.6. The lowest BCUT2D eigenvalue weighted by Gasteiger charge is -2.22. The van der Waals surface area contributed by atoms with Gasteiger partial charge in [-0.15, -0.1) is 0 Å². The van der Waals surface area contributed by atoms with Crippen LogP contribution in [0.25, 0.3) is 0 Å². The predicted octanol–water partition coefficient (Wildman–Crippen LogP) is 4.71. The number of carbonyl (C=O) groups is 1. The van der Waals surface area contributed by atoms with Gasteiger partial charge in [-0.3, -0.25) is 9.10 Å². The third kappa shape index (κ3) is 6.65. The lowest BCUT2D eigenvalue weighted by atomic mass is 10.1. The number of anilines is 1. The zero-order chi connectivity index (χ0) is 21.6. The molecular weight excluding hydrogens is 440 g/mol. The lowest BCUT2D eigenvalue weighted by molar-refractivity contribution is 0.0956. The van der Waals surface area contributed by atoms with E-state index in [1.54, 1.807) is 48.5 Å². The molecule has 2 aromatic carbocycles. The van der Waals surface area contributed by atoms with Crippen LogP contribution in [0.1, 0.15) is 41.6 Å². The van der Waals surface area contributed by atoms with E-state index in [1.807, 2.05) is 11.8 Å². The number of amides is 1. The molecule has 3 rings (SSSR count). The highest BCUT2D eigenvalue weighted by atomic mass is 35.5. The second-order valence-electron chi connectivity index (χ2n) is 7.48. The van der Waals surface area contributed by atoms with Gasteiger partial charge in [0.15, 0.2) is 0 Å². The van der Waals surface area contributed by atoms with Gasteiger partial charge in [0.25, 0.3) is 5.91 Å². The molecule has 1 amide bonds. The van der Waals surface area contributed by atoms with E-state index in [0.29, 0.717) is 22.8 Å². The van der Waals surface area contributed by atoms with Gasteiger partial charge in [0.1, 0.15) is 0 Å². The Morgan fingerprint density at radius 1 is 1.17 bits per heavy atom. The maximum Gasteiger partial charge on any atom is 0.251 e. The van der Waals surface area contributed by atoms with Crippen LogP contribution in [0.4, 0.5) is 5.69 Å². The van der Waals surface area contributed by atoms with Crippen molar-refractivity contribution in [2.75, 3.05) is 22.9 Å². The predicted molar refractivity (Wildman–Crippen MR) is 126 cm³/mol. The standard InChI is InChI=1S/C22H27ClN2O3S2/c1-30(27,28)25(20-6-4-5-19(23)15-20)16-17-9-11-18(12-10-17)22(26)24-13-14-29-21-7-2-3-8-21/h4-6,9-12,15,21H,2-3,7-8,13-14,16H2,1H3,(H,24,26). The van der Waals surface area contributed by atoms with Crippen molar-refractivity contribution in [1.29, 1.82) is 0 Å². The number of sulfonamides is 1. The Morgan fingerprint density at radius 2 is 1.87 bits per heavy atom. The highest BCUT2D eigenvalue weighted by molar-refractivity contribution is 7.99. The summed E-state index contributed by atoms with van der Waals surface area (Å²) in [6.45, 7) is 0.817. The molecule has 0 unspecified atom stereocenters. The molecular formula is C22H27ClN2O3S2. The van der Waals surface area contributed by atoms with E-state index < -0.39 is 10.0 Å². The van der Waals surface area contributed by atoms with Gasteiger partial charge < -0.3 is 5.32 Å². The number of thioether (sulfide) groups is 1. The van der Waals surface area contributed by atoms with Crippen molar-refractivity contribution in [2.24, 2.45) is 0 Å². The van der Waals surface area contributed by atoms with E-state index in [9.17, 15) is 13.2 Å². The van der Waals surface area contributed by atoms with E-state index >= 15 is 0 Å². The Hall–Kier alpha value is -1.70. The van der Waals surface area contributed by atoms with Crippen molar-refractivity contribution in [3.8, 4) is 0 Å². The molecule has 0 heterocycles. The molecule has 1 N–H and O–H groups in total. The summed E-state index contributed by atoms with van der Waals surface area (Å²) < 4.78 is 25.9. The fraction of sp³-hybridized carbons (Fsp3) is 0.409. The van der Waals surface area contributed by atoms with E-state index in [1.165, 1.54) is 36.2 Å². The first-order chi connectivity index (χ1) is 14.3. The molecule has 5 nitrogen and oxygen atoms in total. The van der Waals surface area contributed by atoms with E-state index in [0.717, 1.165) is 16.6 Å². The zero-order valence-corrected chi connectivity index (χ0v) is 19.4. The number of nitrogens with zero attached hydrogens (tertiary/aromatic N) is 1. The molecule has 0 radical (unpaired) electrons. The Balaban J connectivity index is 1.57. The second-order valence-corrected chi connectivity index (χ2v) is 11.2. The highest BCUT2D eigenvalue weighted by Gasteiger charge is 2.19. The molecule has 8 heteroatoms. The minimum absolute atomic E-state index is 0.108. The molecule has 0 spiro atoms. The Bertz CT molecular complexity index is 959. The fourth-order valence-corrected chi connectivity index (χ4v) is 5.79. The summed E-state index contributed by atoms with van der Waals surface area (Å²) in [5.41, 5.74) is 1.86. The van der Waals surface area contributed by atoms with E-state index in [4.69, 9.17) is 11.6 Å². The Kier molecular flexibility index (Phi) is 8.08. The smallest absolute Gasteiger partial charge is 0.251 e. The van der Waals surface area contributed by atoms with Crippen LogP contribution in [0.3, 0.4) is 0 Å². The van der Waals surface area contributed by atoms with E-state index in [-0.39, 0.29) is 12.5 Å². The maximum atomic E-state index is 12.4. The second kappa shape index (κ2) is 10.6. The molecule has 0 aromatic heterocycles. The van der Waals surface area contributed by atoms with Gasteiger partial charge in [0, 0.05) is 28.1 Å². The first kappa shape index (κ1) is 23.0. The van der Waals surface area contributed by atoms with Crippen molar-refractivity contribution in [3.63, 3.8) is 0 Å². The van der Waals surface area contributed by atoms with Crippen LogP contribution < -0.4 is 9.62 Å². The third-order valence-electron chi connectivity index (χ3n) is 5.08. The Labute approximate surface area is 188 Å². The molecule has 0 aliphatic heterocycles. The van der Waals surface area contributed by atoms with E-state index in [2.05, 4.69) is 5.32 Å². The topological polar surface area (TPSA) is 66.5 Å². The summed E-state index contributed by atoms with van der Waals surface area (Å²) in [5.74, 6) is 0.820. The first-order valence-corrected chi connectivity index (χ1v) is 13.3. The number of rotatable bonds is 9. The van der Waals surface area contributed by atoms with Crippen molar-refractivity contribution in [2.45, 2.75) is 37.5 Å². The quantitative estimate of drug-likeness (QED) is 0.543. The van der Waals surface area contributed by atoms with Crippen molar-refractivity contribution in [3.05, 3.63) is 64.7 Å². The number of hydrogen-bond acceptors (Lipinski definition) is 4. The molecule has 1 aliphatic carbocycles. The highest BCUT2D eigenvalue weighted by Crippen LogP contribution is 2.29. The van der Waals surface area contributed by atoms with Gasteiger partial charge >= 0.3 is 0 Å². The van der Waals surface area contributed by atoms with Gasteiger partial charge in [0.2, 0.25) is 10.0 Å². The van der Waals surface area contributed by atoms with Crippen LogP contribution in [0, 0.1) is 0 Å². The van der Waals surface area contributed by atoms with Crippen LogP contribution in [0.15, 0.2) is 48.5 Å². The fourth-order valence-electron chi connectivity index (χ4n) is 3.51. The summed E-state index contributed by atoms with van der Waals surface area (Å²) in [6.07, 6.45) is 6.40. The van der Waals surface area contributed by atoms with Crippen LogP contribution in [-0.4, -0.2) is 38.1 Å². The molecule has 30 heavy (non-hydrogen) atoms. The summed E-state index contributed by atoms with van der Waals surface area (Å²) in [6, 6.07) is 13.8. The number of hydrogen-bond donors (Lipinski definition) is 1. The average molecular weight is 467 g/mol. The zero-order valence-electron chi connectivity index (χ0n) is 17.0. The molecule has 162 valence electrons. The van der Waals surface area contributed by atoms with Crippen molar-refractivity contribution in [1.82, 2.24) is 5.32 Å². The molecule has 0 bridgehead atoms. The molecule has 2 aromatic rings. The van der Waals surface area contributed by atoms with Crippen molar-refractivity contribution < 1.29 is 13.2 Å². The van der Waals surface area contributed by atoms with Gasteiger partial charge in [-0.05, 0) is 48.7 Å². The molecule has 0 saturated heterocycles. The van der Waals surface area contributed by atoms with Crippen LogP contribution in [0.5, 0.6) is 0 Å². The minimum Gasteiger partial charge on any atom is -0.351 e. The number of halogens is 1. The monoisotopic (exact) mass is 466 g/mol. The summed E-state index contributed by atoms with van der Waals surface area (Å²) in [5, 5.41) is 4.18. The molecule has 1 aliphatic rings. The van der Waals surface area contributed by atoms with Crippen LogP contribution in [0.2, 0.25) is 5.02 Å². The van der Waals surface area contributed by atoms with Gasteiger partial charge in [-0.1, -0.05) is 42.6 Å². The summed E-state index contributed by atoms with van der Waals surface area (Å²) in [7, 11) is -3.49. The van der Waals surface area contributed by atoms with Gasteiger partial charge in [-0.2, -0.15) is 11.8 Å². The number of carbonyl (C=O) groups excluding carboxylic acids is 1. The SMILES string of the molecule is CS(=O)(=O)N(Cc1ccc(C(=O)NCCSC2CCCC2)cc1)c1cccc(Cl)c1. The first-order valence-electron chi connectivity index (χ1n) is 10.0. The van der Waals surface area contributed by atoms with Gasteiger partial charge in [-0.25, -0.2) is 8.42 Å². The number of nitrogens with one attached hydrogen (secondary N) is 1. The van der Waals surface area contributed by atoms with Crippen molar-refractivity contribution >= 4 is 45.0 Å².